The van der Waals surface area contributed by atoms with Crippen molar-refractivity contribution in [3.63, 3.8) is 0 Å². The SMILES string of the molecule is CCOc1cccc(-c2nc3ncc([C@H](NS(=O)[O-])[C@@H]4CCN(C)C(=O)C4)nc3n2-c2c(OC)cccc2OC)n1. The summed E-state index contributed by atoms with van der Waals surface area (Å²) in [6, 6.07) is 9.93. The predicted octanol–water partition coefficient (Wildman–Crippen LogP) is 2.59. The minimum Gasteiger partial charge on any atom is -0.760 e. The number of hydrogen-bond acceptors (Lipinski definition) is 10. The Morgan fingerprint density at radius 3 is 2.51 bits per heavy atom. The zero-order valence-electron chi connectivity index (χ0n) is 23.1. The quantitative estimate of drug-likeness (QED) is 0.277. The highest BCUT2D eigenvalue weighted by Gasteiger charge is 2.33. The third-order valence-electron chi connectivity index (χ3n) is 6.97. The van der Waals surface area contributed by atoms with Gasteiger partial charge in [-0.15, -0.1) is 0 Å². The van der Waals surface area contributed by atoms with Gasteiger partial charge in [0, 0.05) is 37.3 Å². The van der Waals surface area contributed by atoms with Gasteiger partial charge in [0.05, 0.1) is 38.8 Å². The van der Waals surface area contributed by atoms with E-state index in [1.807, 2.05) is 13.0 Å². The molecule has 4 heterocycles. The van der Waals surface area contributed by atoms with Gasteiger partial charge in [-0.1, -0.05) is 12.1 Å². The van der Waals surface area contributed by atoms with Crippen LogP contribution < -0.4 is 18.9 Å². The molecule has 0 spiro atoms. The minimum atomic E-state index is -2.61. The molecule has 216 valence electrons. The number of likely N-dealkylation sites (tertiary alicyclic amines) is 1. The summed E-state index contributed by atoms with van der Waals surface area (Å²) < 4.78 is 45.0. The summed E-state index contributed by atoms with van der Waals surface area (Å²) in [6.45, 7) is 2.82. The third-order valence-corrected chi connectivity index (χ3v) is 7.42. The summed E-state index contributed by atoms with van der Waals surface area (Å²) in [5.74, 6) is 1.40. The van der Waals surface area contributed by atoms with Crippen LogP contribution in [-0.4, -0.2) is 78.5 Å². The van der Waals surface area contributed by atoms with Gasteiger partial charge < -0.3 is 23.7 Å². The molecule has 1 fully saturated rings. The average molecular weight is 581 g/mol. The molecular formula is C27H30N7O6S-. The highest BCUT2D eigenvalue weighted by atomic mass is 32.2. The second kappa shape index (κ2) is 12.2. The normalized spacial score (nSPS) is 17.0. The molecule has 3 aromatic heterocycles. The summed E-state index contributed by atoms with van der Waals surface area (Å²) in [7, 11) is 4.82. The number of aromatic nitrogens is 5. The first kappa shape index (κ1) is 28.4. The topological polar surface area (TPSA) is 157 Å². The number of ether oxygens (including phenoxy) is 3. The maximum Gasteiger partial charge on any atom is 0.222 e. The Balaban J connectivity index is 1.75. The lowest BCUT2D eigenvalue weighted by Gasteiger charge is -2.34. The second-order valence-corrected chi connectivity index (χ2v) is 10.1. The number of pyridine rings is 1. The first-order valence-corrected chi connectivity index (χ1v) is 14.1. The van der Waals surface area contributed by atoms with Crippen LogP contribution in [0, 0.1) is 5.92 Å². The maximum atomic E-state index is 12.5. The number of methoxy groups -OCH3 is 2. The number of rotatable bonds is 10. The monoisotopic (exact) mass is 580 g/mol. The molecule has 1 unspecified atom stereocenters. The summed E-state index contributed by atoms with van der Waals surface area (Å²) in [6.07, 6.45) is 2.25. The van der Waals surface area contributed by atoms with Gasteiger partial charge in [0.2, 0.25) is 11.8 Å². The van der Waals surface area contributed by atoms with Crippen LogP contribution in [-0.2, 0) is 16.1 Å². The molecule has 1 aromatic carbocycles. The highest BCUT2D eigenvalue weighted by Crippen LogP contribution is 2.38. The Bertz CT molecular complexity index is 1570. The van der Waals surface area contributed by atoms with Gasteiger partial charge in [-0.05, 0) is 37.5 Å². The molecule has 1 aliphatic heterocycles. The van der Waals surface area contributed by atoms with Crippen LogP contribution in [0.15, 0.2) is 42.6 Å². The highest BCUT2D eigenvalue weighted by molar-refractivity contribution is 7.77. The summed E-state index contributed by atoms with van der Waals surface area (Å²) in [4.78, 5) is 33.0. The fraction of sp³-hybridized carbons (Fsp3) is 0.370. The molecule has 1 saturated heterocycles. The molecule has 14 heteroatoms. The molecule has 41 heavy (non-hydrogen) atoms. The lowest BCUT2D eigenvalue weighted by atomic mass is 9.88. The number of carbonyl (C=O) groups is 1. The van der Waals surface area contributed by atoms with Gasteiger partial charge in [0.1, 0.15) is 22.9 Å². The van der Waals surface area contributed by atoms with E-state index in [9.17, 15) is 13.6 Å². The Morgan fingerprint density at radius 1 is 1.12 bits per heavy atom. The number of carbonyl (C=O) groups excluding carboxylic acids is 1. The molecule has 0 bridgehead atoms. The van der Waals surface area contributed by atoms with E-state index in [4.69, 9.17) is 24.2 Å². The zero-order chi connectivity index (χ0) is 29.1. The number of nitrogens with one attached hydrogen (secondary N) is 1. The second-order valence-electron chi connectivity index (χ2n) is 9.42. The van der Waals surface area contributed by atoms with E-state index in [1.165, 1.54) is 6.20 Å². The Kier molecular flexibility index (Phi) is 8.42. The van der Waals surface area contributed by atoms with Crippen molar-refractivity contribution in [2.24, 2.45) is 5.92 Å². The van der Waals surface area contributed by atoms with Crippen LogP contribution in [0.3, 0.4) is 0 Å². The summed E-state index contributed by atoms with van der Waals surface area (Å²) >= 11 is -2.61. The Labute approximate surface area is 239 Å². The molecule has 1 N–H and O–H groups in total. The van der Waals surface area contributed by atoms with Crippen LogP contribution in [0.5, 0.6) is 17.4 Å². The number of imidazole rings is 1. The van der Waals surface area contributed by atoms with E-state index < -0.39 is 17.3 Å². The van der Waals surface area contributed by atoms with Crippen molar-refractivity contribution in [3.05, 3.63) is 48.3 Å². The smallest absolute Gasteiger partial charge is 0.222 e. The van der Waals surface area contributed by atoms with Gasteiger partial charge in [0.15, 0.2) is 17.1 Å². The average Bonchev–Trinajstić information content (AvgIpc) is 3.35. The number of para-hydroxylation sites is 1. The van der Waals surface area contributed by atoms with Crippen LogP contribution in [0.2, 0.25) is 0 Å². The molecule has 5 rings (SSSR count). The molecule has 3 atom stereocenters. The molecule has 0 aliphatic carbocycles. The molecular weight excluding hydrogens is 550 g/mol. The van der Waals surface area contributed by atoms with Crippen molar-refractivity contribution in [1.29, 1.82) is 0 Å². The minimum absolute atomic E-state index is 0.0647. The lowest BCUT2D eigenvalue weighted by molar-refractivity contribution is -0.133. The molecule has 4 aromatic rings. The van der Waals surface area contributed by atoms with Crippen molar-refractivity contribution in [1.82, 2.24) is 34.1 Å². The maximum absolute atomic E-state index is 12.5. The van der Waals surface area contributed by atoms with Crippen molar-refractivity contribution < 1.29 is 27.8 Å². The van der Waals surface area contributed by atoms with E-state index in [1.54, 1.807) is 61.1 Å². The number of nitrogens with zero attached hydrogens (tertiary/aromatic N) is 6. The van der Waals surface area contributed by atoms with E-state index >= 15 is 0 Å². The fourth-order valence-corrected chi connectivity index (χ4v) is 5.49. The molecule has 1 aliphatic rings. The van der Waals surface area contributed by atoms with Crippen LogP contribution in [0.25, 0.3) is 28.5 Å². The first-order valence-electron chi connectivity index (χ1n) is 13.0. The zero-order valence-corrected chi connectivity index (χ0v) is 23.9. The fourth-order valence-electron chi connectivity index (χ4n) is 4.97. The Hall–Kier alpha value is -4.14. The van der Waals surface area contributed by atoms with Gasteiger partial charge in [-0.2, -0.15) is 0 Å². The molecule has 0 radical (unpaired) electrons. The van der Waals surface area contributed by atoms with Gasteiger partial charge in [-0.3, -0.25) is 13.6 Å². The van der Waals surface area contributed by atoms with Crippen LogP contribution >= 0.6 is 0 Å². The molecule has 0 saturated carbocycles. The summed E-state index contributed by atoms with van der Waals surface area (Å²) in [5, 5.41) is 0. The number of benzene rings is 1. The molecule has 1 amide bonds. The van der Waals surface area contributed by atoms with Crippen LogP contribution in [0.4, 0.5) is 0 Å². The largest absolute Gasteiger partial charge is 0.760 e. The van der Waals surface area contributed by atoms with E-state index in [2.05, 4.69) is 14.7 Å². The van der Waals surface area contributed by atoms with E-state index in [0.29, 0.717) is 71.1 Å². The lowest BCUT2D eigenvalue weighted by Crippen LogP contribution is -2.41. The number of fused-ring (bicyclic) bond motifs is 1. The van der Waals surface area contributed by atoms with Gasteiger partial charge in [-0.25, -0.2) is 24.7 Å². The van der Waals surface area contributed by atoms with Crippen LogP contribution in [0.1, 0.15) is 31.5 Å². The number of hydrogen-bond donors (Lipinski definition) is 1. The summed E-state index contributed by atoms with van der Waals surface area (Å²) in [5.41, 5.74) is 1.97. The van der Waals surface area contributed by atoms with Gasteiger partial charge >= 0.3 is 0 Å². The van der Waals surface area contributed by atoms with Crippen molar-refractivity contribution in [2.75, 3.05) is 34.4 Å². The predicted molar refractivity (Wildman–Crippen MR) is 149 cm³/mol. The van der Waals surface area contributed by atoms with Gasteiger partial charge in [0.25, 0.3) is 0 Å². The molecule has 13 nitrogen and oxygen atoms in total. The van der Waals surface area contributed by atoms with E-state index in [-0.39, 0.29) is 18.2 Å². The number of amides is 1. The van der Waals surface area contributed by atoms with Crippen molar-refractivity contribution in [3.8, 4) is 34.6 Å². The van der Waals surface area contributed by atoms with Crippen molar-refractivity contribution >= 4 is 28.5 Å². The third kappa shape index (κ3) is 5.71. The van der Waals surface area contributed by atoms with Crippen molar-refractivity contribution in [2.45, 2.75) is 25.8 Å². The first-order chi connectivity index (χ1) is 19.8. The standard InChI is InChI=1S/C27H31N7O6S/c1-5-40-21-11-6-8-17(29-21)26-31-25-27(34(26)24-19(38-3)9-7-10-20(24)39-4)30-18(15-28-25)23(32-41(36)37)16-12-13-33(2)22(35)14-16/h6-11,15-16,23,32H,5,12-14H2,1-4H3,(H,36,37)/p-1/t16-,23-/m1/s1. The van der Waals surface area contributed by atoms with E-state index in [0.717, 1.165) is 0 Å². The Morgan fingerprint density at radius 2 is 1.85 bits per heavy atom. The number of piperidine rings is 1.